The predicted molar refractivity (Wildman–Crippen MR) is 87.1 cm³/mol. The number of hydrogen-bond donors (Lipinski definition) is 2. The molecule has 0 aliphatic heterocycles. The molecule has 112 valence electrons. The minimum atomic E-state index is -3.74. The lowest BCUT2D eigenvalue weighted by Crippen LogP contribution is -2.15. The van der Waals surface area contributed by atoms with Crippen LogP contribution in [0.3, 0.4) is 0 Å². The van der Waals surface area contributed by atoms with Gasteiger partial charge in [0.15, 0.2) is 0 Å². The molecule has 21 heavy (non-hydrogen) atoms. The fourth-order valence-corrected chi connectivity index (χ4v) is 3.47. The van der Waals surface area contributed by atoms with Gasteiger partial charge in [-0.05, 0) is 36.2 Å². The number of sulfonamides is 1. The normalized spacial score (nSPS) is 11.3. The SMILES string of the molecule is CCCc1ccccc1NS(=O)(=O)c1ccc(Cl)cc1N. The highest BCUT2D eigenvalue weighted by Crippen LogP contribution is 2.26. The van der Waals surface area contributed by atoms with Gasteiger partial charge in [-0.25, -0.2) is 8.42 Å². The van der Waals surface area contributed by atoms with Gasteiger partial charge >= 0.3 is 0 Å². The zero-order valence-electron chi connectivity index (χ0n) is 11.6. The van der Waals surface area contributed by atoms with Crippen molar-refractivity contribution in [1.29, 1.82) is 0 Å². The molecule has 0 atom stereocenters. The minimum absolute atomic E-state index is 0.0261. The van der Waals surface area contributed by atoms with Crippen molar-refractivity contribution in [3.63, 3.8) is 0 Å². The Morgan fingerprint density at radius 3 is 2.57 bits per heavy atom. The van der Waals surface area contributed by atoms with Crippen LogP contribution in [0.1, 0.15) is 18.9 Å². The van der Waals surface area contributed by atoms with Gasteiger partial charge in [0.05, 0.1) is 11.4 Å². The van der Waals surface area contributed by atoms with Gasteiger partial charge in [0.2, 0.25) is 0 Å². The molecule has 0 aliphatic rings. The van der Waals surface area contributed by atoms with E-state index in [2.05, 4.69) is 4.72 Å². The first-order valence-corrected chi connectivity index (χ1v) is 8.46. The molecule has 0 heterocycles. The van der Waals surface area contributed by atoms with E-state index in [4.69, 9.17) is 17.3 Å². The molecule has 0 radical (unpaired) electrons. The summed E-state index contributed by atoms with van der Waals surface area (Å²) >= 11 is 5.80. The Kier molecular flexibility index (Phi) is 4.75. The van der Waals surface area contributed by atoms with Crippen LogP contribution < -0.4 is 10.5 Å². The van der Waals surface area contributed by atoms with E-state index >= 15 is 0 Å². The summed E-state index contributed by atoms with van der Waals surface area (Å²) in [7, 11) is -3.74. The summed E-state index contributed by atoms with van der Waals surface area (Å²) in [5.74, 6) is 0. The summed E-state index contributed by atoms with van der Waals surface area (Å²) in [6.45, 7) is 2.04. The lowest BCUT2D eigenvalue weighted by atomic mass is 10.1. The van der Waals surface area contributed by atoms with Crippen LogP contribution in [-0.4, -0.2) is 8.42 Å². The summed E-state index contributed by atoms with van der Waals surface area (Å²) < 4.78 is 27.5. The number of nitrogens with two attached hydrogens (primary N) is 1. The molecule has 0 saturated heterocycles. The van der Waals surface area contributed by atoms with Crippen LogP contribution in [0, 0.1) is 0 Å². The zero-order valence-corrected chi connectivity index (χ0v) is 13.2. The first-order valence-electron chi connectivity index (χ1n) is 6.60. The monoisotopic (exact) mass is 324 g/mol. The topological polar surface area (TPSA) is 72.2 Å². The molecule has 2 aromatic carbocycles. The van der Waals surface area contributed by atoms with Crippen LogP contribution in [0.25, 0.3) is 0 Å². The highest BCUT2D eigenvalue weighted by atomic mass is 35.5. The summed E-state index contributed by atoms with van der Waals surface area (Å²) in [6, 6.07) is 11.7. The van der Waals surface area contributed by atoms with Crippen LogP contribution in [0.5, 0.6) is 0 Å². The van der Waals surface area contributed by atoms with Crippen LogP contribution in [0.2, 0.25) is 5.02 Å². The van der Waals surface area contributed by atoms with Crippen molar-refractivity contribution < 1.29 is 8.42 Å². The molecule has 0 saturated carbocycles. The number of nitrogens with one attached hydrogen (secondary N) is 1. The van der Waals surface area contributed by atoms with Crippen LogP contribution in [0.15, 0.2) is 47.4 Å². The molecule has 3 N–H and O–H groups in total. The fourth-order valence-electron chi connectivity index (χ4n) is 2.07. The molecule has 2 aromatic rings. The first-order chi connectivity index (χ1) is 9.94. The predicted octanol–water partition coefficient (Wildman–Crippen LogP) is 3.68. The highest BCUT2D eigenvalue weighted by Gasteiger charge is 2.18. The number of anilines is 2. The summed E-state index contributed by atoms with van der Waals surface area (Å²) in [5, 5.41) is 0.401. The van der Waals surface area contributed by atoms with Crippen molar-refractivity contribution >= 4 is 33.0 Å². The number of hydrogen-bond acceptors (Lipinski definition) is 3. The van der Waals surface area contributed by atoms with E-state index in [0.29, 0.717) is 10.7 Å². The molecule has 0 bridgehead atoms. The van der Waals surface area contributed by atoms with E-state index in [1.165, 1.54) is 18.2 Å². The van der Waals surface area contributed by atoms with E-state index < -0.39 is 10.0 Å². The van der Waals surface area contributed by atoms with Gasteiger partial charge in [-0.1, -0.05) is 43.1 Å². The Balaban J connectivity index is 2.38. The second kappa shape index (κ2) is 6.37. The van der Waals surface area contributed by atoms with E-state index in [-0.39, 0.29) is 10.6 Å². The Hall–Kier alpha value is -1.72. The number of nitrogen functional groups attached to an aromatic ring is 1. The average molecular weight is 325 g/mol. The van der Waals surface area contributed by atoms with E-state index in [1.54, 1.807) is 12.1 Å². The van der Waals surface area contributed by atoms with Gasteiger partial charge in [-0.15, -0.1) is 0 Å². The number of benzene rings is 2. The van der Waals surface area contributed by atoms with Crippen molar-refractivity contribution in [3.05, 3.63) is 53.1 Å². The summed E-state index contributed by atoms with van der Waals surface area (Å²) in [4.78, 5) is 0.0261. The highest BCUT2D eigenvalue weighted by molar-refractivity contribution is 7.92. The smallest absolute Gasteiger partial charge is 0.263 e. The van der Waals surface area contributed by atoms with E-state index in [1.807, 2.05) is 19.1 Å². The largest absolute Gasteiger partial charge is 0.398 e. The number of rotatable bonds is 5. The molecule has 0 fully saturated rings. The van der Waals surface area contributed by atoms with Crippen molar-refractivity contribution in [2.75, 3.05) is 10.5 Å². The van der Waals surface area contributed by atoms with Crippen LogP contribution >= 0.6 is 11.6 Å². The first kappa shape index (κ1) is 15.7. The molecular weight excluding hydrogens is 308 g/mol. The maximum Gasteiger partial charge on any atom is 0.263 e. The fraction of sp³-hybridized carbons (Fsp3) is 0.200. The molecule has 0 amide bonds. The van der Waals surface area contributed by atoms with Gasteiger partial charge < -0.3 is 5.73 Å². The van der Waals surface area contributed by atoms with Gasteiger partial charge in [0.25, 0.3) is 10.0 Å². The quantitative estimate of drug-likeness (QED) is 0.824. The Bertz CT molecular complexity index is 745. The van der Waals surface area contributed by atoms with Crippen LogP contribution in [0.4, 0.5) is 11.4 Å². The lowest BCUT2D eigenvalue weighted by molar-refractivity contribution is 0.601. The number of para-hydroxylation sites is 1. The Morgan fingerprint density at radius 2 is 1.90 bits per heavy atom. The van der Waals surface area contributed by atoms with Crippen molar-refractivity contribution in [2.24, 2.45) is 0 Å². The maximum absolute atomic E-state index is 12.5. The van der Waals surface area contributed by atoms with Crippen LogP contribution in [-0.2, 0) is 16.4 Å². The average Bonchev–Trinajstić information content (AvgIpc) is 2.40. The van der Waals surface area contributed by atoms with E-state index in [9.17, 15) is 8.42 Å². The molecule has 0 aliphatic carbocycles. The Labute approximate surface area is 130 Å². The van der Waals surface area contributed by atoms with Gasteiger partial charge in [-0.2, -0.15) is 0 Å². The van der Waals surface area contributed by atoms with Gasteiger partial charge in [-0.3, -0.25) is 4.72 Å². The van der Waals surface area contributed by atoms with Crippen molar-refractivity contribution in [1.82, 2.24) is 0 Å². The molecular formula is C15H17ClN2O2S. The second-order valence-electron chi connectivity index (χ2n) is 4.69. The molecule has 0 spiro atoms. The minimum Gasteiger partial charge on any atom is -0.398 e. The molecule has 6 heteroatoms. The molecule has 4 nitrogen and oxygen atoms in total. The maximum atomic E-state index is 12.5. The molecule has 0 unspecified atom stereocenters. The Morgan fingerprint density at radius 1 is 1.19 bits per heavy atom. The third kappa shape index (κ3) is 3.68. The number of halogens is 1. The number of aryl methyl sites for hydroxylation is 1. The van der Waals surface area contributed by atoms with Crippen molar-refractivity contribution in [3.8, 4) is 0 Å². The van der Waals surface area contributed by atoms with Gasteiger partial charge in [0, 0.05) is 5.02 Å². The third-order valence-electron chi connectivity index (χ3n) is 3.04. The second-order valence-corrected chi connectivity index (χ2v) is 6.78. The van der Waals surface area contributed by atoms with Gasteiger partial charge in [0.1, 0.15) is 4.90 Å². The van der Waals surface area contributed by atoms with E-state index in [0.717, 1.165) is 18.4 Å². The molecule has 0 aromatic heterocycles. The molecule has 2 rings (SSSR count). The standard InChI is InChI=1S/C15H17ClN2O2S/c1-2-5-11-6-3-4-7-14(11)18-21(19,20)15-9-8-12(16)10-13(15)17/h3-4,6-10,18H,2,5,17H2,1H3. The lowest BCUT2D eigenvalue weighted by Gasteiger charge is -2.13. The van der Waals surface area contributed by atoms with Crippen molar-refractivity contribution in [2.45, 2.75) is 24.7 Å². The summed E-state index contributed by atoms with van der Waals surface area (Å²) in [6.07, 6.45) is 1.73. The summed E-state index contributed by atoms with van der Waals surface area (Å²) in [5.41, 5.74) is 7.41. The zero-order chi connectivity index (χ0) is 15.5. The third-order valence-corrected chi connectivity index (χ3v) is 4.72.